The van der Waals surface area contributed by atoms with Gasteiger partial charge in [-0.15, -0.1) is 0 Å². The number of hydrogen-bond acceptors (Lipinski definition) is 2. The van der Waals surface area contributed by atoms with Gasteiger partial charge in [0, 0.05) is 17.7 Å². The van der Waals surface area contributed by atoms with Crippen LogP contribution in [0.1, 0.15) is 40.5 Å². The molecule has 114 valence electrons. The third kappa shape index (κ3) is 3.73. The van der Waals surface area contributed by atoms with Crippen LogP contribution in [0.25, 0.3) is 11.1 Å². The van der Waals surface area contributed by atoms with E-state index in [1.165, 1.54) is 0 Å². The summed E-state index contributed by atoms with van der Waals surface area (Å²) in [6.45, 7) is 2.74. The summed E-state index contributed by atoms with van der Waals surface area (Å²) in [5.74, 6) is -0.583. The van der Waals surface area contributed by atoms with Gasteiger partial charge in [0.15, 0.2) is 0 Å². The Bertz CT molecular complexity index is 680. The van der Waals surface area contributed by atoms with Gasteiger partial charge in [-0.25, -0.2) is 0 Å². The van der Waals surface area contributed by atoms with Crippen LogP contribution in [0.3, 0.4) is 0 Å². The van der Waals surface area contributed by atoms with E-state index in [4.69, 9.17) is 5.73 Å². The summed E-state index contributed by atoms with van der Waals surface area (Å²) in [4.78, 5) is 23.7. The molecule has 0 aliphatic heterocycles. The number of carbonyl (C=O) groups is 2. The van der Waals surface area contributed by atoms with E-state index in [0.717, 1.165) is 24.0 Å². The quantitative estimate of drug-likeness (QED) is 0.804. The molecule has 2 aromatic rings. The molecule has 0 spiro atoms. The predicted molar refractivity (Wildman–Crippen MR) is 87.6 cm³/mol. The molecule has 0 unspecified atom stereocenters. The Morgan fingerprint density at radius 2 is 1.86 bits per heavy atom. The number of nitrogens with two attached hydrogens (primary N) is 1. The maximum absolute atomic E-state index is 12.3. The number of carbonyl (C=O) groups excluding carboxylic acids is 2. The van der Waals surface area contributed by atoms with Crippen molar-refractivity contribution in [2.45, 2.75) is 19.8 Å². The summed E-state index contributed by atoms with van der Waals surface area (Å²) >= 11 is 0. The van der Waals surface area contributed by atoms with E-state index in [0.29, 0.717) is 17.7 Å². The first-order valence-electron chi connectivity index (χ1n) is 7.41. The van der Waals surface area contributed by atoms with Crippen molar-refractivity contribution in [1.82, 2.24) is 5.32 Å². The van der Waals surface area contributed by atoms with Crippen molar-refractivity contribution in [2.24, 2.45) is 5.73 Å². The Kier molecular flexibility index (Phi) is 5.31. The molecule has 0 fully saturated rings. The lowest BCUT2D eigenvalue weighted by Gasteiger charge is -2.11. The number of benzene rings is 2. The minimum Gasteiger partial charge on any atom is -0.366 e. The van der Waals surface area contributed by atoms with Crippen LogP contribution in [0.15, 0.2) is 48.5 Å². The molecule has 3 N–H and O–H groups in total. The largest absolute Gasteiger partial charge is 0.366 e. The van der Waals surface area contributed by atoms with Gasteiger partial charge in [0.05, 0.1) is 0 Å². The van der Waals surface area contributed by atoms with Crippen molar-refractivity contribution in [1.29, 1.82) is 0 Å². The second-order valence-corrected chi connectivity index (χ2v) is 5.10. The lowest BCUT2D eigenvalue weighted by atomic mass is 9.97. The van der Waals surface area contributed by atoms with Gasteiger partial charge in [0.1, 0.15) is 0 Å². The molecule has 22 heavy (non-hydrogen) atoms. The number of amides is 2. The molecule has 2 rings (SSSR count). The van der Waals surface area contributed by atoms with E-state index in [-0.39, 0.29) is 5.91 Å². The summed E-state index contributed by atoms with van der Waals surface area (Å²) in [6.07, 6.45) is 1.98. The SMILES string of the molecule is CCCCNC(=O)c1ccccc1-c1cccc(C(N)=O)c1. The van der Waals surface area contributed by atoms with Gasteiger partial charge in [0.2, 0.25) is 5.91 Å². The lowest BCUT2D eigenvalue weighted by Crippen LogP contribution is -2.24. The summed E-state index contributed by atoms with van der Waals surface area (Å²) < 4.78 is 0. The fraction of sp³-hybridized carbons (Fsp3) is 0.222. The third-order valence-electron chi connectivity index (χ3n) is 3.45. The van der Waals surface area contributed by atoms with Crippen molar-refractivity contribution in [3.8, 4) is 11.1 Å². The zero-order valence-electron chi connectivity index (χ0n) is 12.6. The third-order valence-corrected chi connectivity index (χ3v) is 3.45. The first kappa shape index (κ1) is 15.8. The highest BCUT2D eigenvalue weighted by Gasteiger charge is 2.12. The van der Waals surface area contributed by atoms with Crippen LogP contribution in [0.5, 0.6) is 0 Å². The number of primary amides is 1. The number of hydrogen-bond donors (Lipinski definition) is 2. The molecule has 0 aliphatic carbocycles. The maximum Gasteiger partial charge on any atom is 0.251 e. The second-order valence-electron chi connectivity index (χ2n) is 5.10. The molecule has 0 aromatic heterocycles. The monoisotopic (exact) mass is 296 g/mol. The van der Waals surface area contributed by atoms with Crippen molar-refractivity contribution in [3.63, 3.8) is 0 Å². The van der Waals surface area contributed by atoms with Crippen LogP contribution in [0, 0.1) is 0 Å². The normalized spacial score (nSPS) is 10.2. The second kappa shape index (κ2) is 7.41. The molecule has 0 bridgehead atoms. The summed E-state index contributed by atoms with van der Waals surface area (Å²) in [5.41, 5.74) is 7.94. The van der Waals surface area contributed by atoms with Crippen molar-refractivity contribution >= 4 is 11.8 Å². The molecular weight excluding hydrogens is 276 g/mol. The van der Waals surface area contributed by atoms with E-state index >= 15 is 0 Å². The highest BCUT2D eigenvalue weighted by atomic mass is 16.2. The minimum atomic E-state index is -0.480. The molecule has 0 radical (unpaired) electrons. The van der Waals surface area contributed by atoms with Crippen molar-refractivity contribution in [2.75, 3.05) is 6.54 Å². The Balaban J connectivity index is 2.34. The highest BCUT2D eigenvalue weighted by Crippen LogP contribution is 2.24. The molecule has 4 heteroatoms. The Hall–Kier alpha value is -2.62. The molecule has 0 atom stereocenters. The van der Waals surface area contributed by atoms with E-state index in [2.05, 4.69) is 12.2 Å². The highest BCUT2D eigenvalue weighted by molar-refractivity contribution is 6.01. The van der Waals surface area contributed by atoms with Gasteiger partial charge in [-0.3, -0.25) is 9.59 Å². The fourth-order valence-corrected chi connectivity index (χ4v) is 2.25. The Morgan fingerprint density at radius 1 is 1.09 bits per heavy atom. The zero-order chi connectivity index (χ0) is 15.9. The van der Waals surface area contributed by atoms with Crippen molar-refractivity contribution in [3.05, 3.63) is 59.7 Å². The number of rotatable bonds is 6. The van der Waals surface area contributed by atoms with Gasteiger partial charge in [-0.2, -0.15) is 0 Å². The summed E-state index contributed by atoms with van der Waals surface area (Å²) in [6, 6.07) is 14.4. The lowest BCUT2D eigenvalue weighted by molar-refractivity contribution is 0.0952. The van der Waals surface area contributed by atoms with Gasteiger partial charge >= 0.3 is 0 Å². The smallest absolute Gasteiger partial charge is 0.251 e. The average Bonchev–Trinajstić information content (AvgIpc) is 2.55. The molecule has 0 aliphatic rings. The molecule has 4 nitrogen and oxygen atoms in total. The van der Waals surface area contributed by atoms with Gasteiger partial charge in [0.25, 0.3) is 5.91 Å². The molecular formula is C18H20N2O2. The minimum absolute atomic E-state index is 0.103. The van der Waals surface area contributed by atoms with Crippen LogP contribution >= 0.6 is 0 Å². The average molecular weight is 296 g/mol. The summed E-state index contributed by atoms with van der Waals surface area (Å²) in [7, 11) is 0. The van der Waals surface area contributed by atoms with Gasteiger partial charge in [-0.1, -0.05) is 43.7 Å². The van der Waals surface area contributed by atoms with E-state index in [9.17, 15) is 9.59 Å². The fourth-order valence-electron chi connectivity index (χ4n) is 2.25. The van der Waals surface area contributed by atoms with E-state index in [1.807, 2.05) is 24.3 Å². The maximum atomic E-state index is 12.3. The standard InChI is InChI=1S/C18H20N2O2/c1-2-3-11-20-18(22)16-10-5-4-9-15(16)13-7-6-8-14(12-13)17(19)21/h4-10,12H,2-3,11H2,1H3,(H2,19,21)(H,20,22). The van der Waals surface area contributed by atoms with E-state index in [1.54, 1.807) is 24.3 Å². The topological polar surface area (TPSA) is 72.2 Å². The van der Waals surface area contributed by atoms with E-state index < -0.39 is 5.91 Å². The molecule has 0 saturated carbocycles. The predicted octanol–water partition coefficient (Wildman–Crippen LogP) is 2.98. The molecule has 2 aromatic carbocycles. The Labute approximate surface area is 130 Å². The van der Waals surface area contributed by atoms with Crippen LogP contribution in [-0.2, 0) is 0 Å². The Morgan fingerprint density at radius 3 is 2.59 bits per heavy atom. The zero-order valence-corrected chi connectivity index (χ0v) is 12.6. The van der Waals surface area contributed by atoms with Crippen LogP contribution in [0.4, 0.5) is 0 Å². The number of unbranched alkanes of at least 4 members (excludes halogenated alkanes) is 1. The van der Waals surface area contributed by atoms with Crippen LogP contribution < -0.4 is 11.1 Å². The first-order chi connectivity index (χ1) is 10.6. The van der Waals surface area contributed by atoms with Crippen LogP contribution in [0.2, 0.25) is 0 Å². The van der Waals surface area contributed by atoms with Gasteiger partial charge in [-0.05, 0) is 35.7 Å². The summed E-state index contributed by atoms with van der Waals surface area (Å²) in [5, 5.41) is 2.92. The van der Waals surface area contributed by atoms with Crippen LogP contribution in [-0.4, -0.2) is 18.4 Å². The van der Waals surface area contributed by atoms with Crippen molar-refractivity contribution < 1.29 is 9.59 Å². The first-order valence-corrected chi connectivity index (χ1v) is 7.41. The molecule has 0 saturated heterocycles. The molecule has 2 amide bonds. The number of nitrogens with one attached hydrogen (secondary N) is 1. The molecule has 0 heterocycles. The van der Waals surface area contributed by atoms with Gasteiger partial charge < -0.3 is 11.1 Å².